The number of rotatable bonds is 5. The molecule has 0 radical (unpaired) electrons. The average molecular weight is 898 g/mol. The highest BCUT2D eigenvalue weighted by Crippen LogP contribution is 2.39. The fraction of sp³-hybridized carbons (Fsp3) is 0.500. The van der Waals surface area contributed by atoms with Crippen molar-refractivity contribution in [3.05, 3.63) is 49.7 Å². The van der Waals surface area contributed by atoms with Crippen molar-refractivity contribution in [3.63, 3.8) is 0 Å². The van der Waals surface area contributed by atoms with Crippen LogP contribution in [0.15, 0.2) is 34.7 Å². The van der Waals surface area contributed by atoms with Gasteiger partial charge in [0.25, 0.3) is 0 Å². The van der Waals surface area contributed by atoms with Gasteiger partial charge in [0, 0.05) is 31.0 Å². The first kappa shape index (κ1) is 26.7. The van der Waals surface area contributed by atoms with E-state index < -0.39 is 0 Å². The third-order valence-electron chi connectivity index (χ3n) is 6.50. The molecule has 0 amide bonds. The normalized spacial score (nSPS) is 26.0. The summed E-state index contributed by atoms with van der Waals surface area (Å²) in [5.41, 5.74) is 3.07. The van der Waals surface area contributed by atoms with Gasteiger partial charge in [-0.2, -0.15) is 0 Å². The highest BCUT2D eigenvalue weighted by atomic mass is 127. The van der Waals surface area contributed by atoms with Gasteiger partial charge in [-0.05, 0) is 152 Å². The van der Waals surface area contributed by atoms with Crippen LogP contribution in [0.2, 0.25) is 0 Å². The third kappa shape index (κ3) is 6.92. The van der Waals surface area contributed by atoms with E-state index >= 15 is 0 Å². The number of nitrogens with zero attached hydrogens (tertiary/aromatic N) is 2. The largest absolute Gasteiger partial charge is 0.348 e. The standard InChI is InChI=1S/C24H26I4N2O3/c1-13-3-5-15(6-4-13)17-11-31-24(32-12-17)16-7-21(27)23(22(28)8-16)29-30-33-18-9-19(25)14(2)20(26)10-18/h7-10,13,15,17,24H,3-6,11-12H2,1-2H3. The van der Waals surface area contributed by atoms with Crippen LogP contribution >= 0.6 is 90.4 Å². The molecule has 2 aliphatic rings. The minimum absolute atomic E-state index is 0.315. The molecule has 2 aromatic carbocycles. The van der Waals surface area contributed by atoms with Crippen LogP contribution in [0.1, 0.15) is 50.0 Å². The Kier molecular flexibility index (Phi) is 9.95. The summed E-state index contributed by atoms with van der Waals surface area (Å²) < 4.78 is 16.6. The van der Waals surface area contributed by atoms with Crippen LogP contribution in [0.5, 0.6) is 5.75 Å². The van der Waals surface area contributed by atoms with Crippen LogP contribution in [-0.2, 0) is 9.47 Å². The Morgan fingerprint density at radius 2 is 1.39 bits per heavy atom. The minimum Gasteiger partial charge on any atom is -0.348 e. The molecule has 1 aliphatic heterocycles. The van der Waals surface area contributed by atoms with E-state index in [4.69, 9.17) is 14.3 Å². The molecule has 9 heteroatoms. The third-order valence-corrected chi connectivity index (χ3v) is 10.4. The van der Waals surface area contributed by atoms with E-state index in [1.165, 1.54) is 31.2 Å². The monoisotopic (exact) mass is 898 g/mol. The lowest BCUT2D eigenvalue weighted by Crippen LogP contribution is -2.34. The van der Waals surface area contributed by atoms with Gasteiger partial charge in [-0.15, -0.1) is 5.11 Å². The van der Waals surface area contributed by atoms with Crippen molar-refractivity contribution in [1.29, 1.82) is 0 Å². The second-order valence-corrected chi connectivity index (χ2v) is 13.5. The van der Waals surface area contributed by atoms with Gasteiger partial charge in [0.15, 0.2) is 12.0 Å². The van der Waals surface area contributed by atoms with Crippen LogP contribution < -0.4 is 4.84 Å². The van der Waals surface area contributed by atoms with Crippen molar-refractivity contribution in [2.24, 2.45) is 28.1 Å². The summed E-state index contributed by atoms with van der Waals surface area (Å²) in [5.74, 6) is 2.81. The van der Waals surface area contributed by atoms with Crippen molar-refractivity contribution in [2.45, 2.75) is 45.8 Å². The van der Waals surface area contributed by atoms with E-state index in [2.05, 4.69) is 127 Å². The zero-order valence-electron chi connectivity index (χ0n) is 18.5. The Hall–Kier alpha value is 0.680. The summed E-state index contributed by atoms with van der Waals surface area (Å²) in [4.78, 5) is 5.55. The van der Waals surface area contributed by atoms with E-state index in [1.54, 1.807) is 0 Å². The predicted molar refractivity (Wildman–Crippen MR) is 163 cm³/mol. The molecule has 4 rings (SSSR count). The summed E-state index contributed by atoms with van der Waals surface area (Å²) in [5, 5.41) is 8.35. The van der Waals surface area contributed by atoms with Gasteiger partial charge < -0.3 is 14.3 Å². The number of benzene rings is 2. The first-order valence-corrected chi connectivity index (χ1v) is 15.4. The lowest BCUT2D eigenvalue weighted by Gasteiger charge is -2.37. The molecule has 5 nitrogen and oxygen atoms in total. The van der Waals surface area contributed by atoms with Crippen LogP contribution in [0, 0.1) is 39.0 Å². The second-order valence-electron chi connectivity index (χ2n) is 8.90. The van der Waals surface area contributed by atoms with Crippen LogP contribution in [0.3, 0.4) is 0 Å². The van der Waals surface area contributed by atoms with E-state index in [0.29, 0.717) is 11.7 Å². The maximum atomic E-state index is 6.17. The van der Waals surface area contributed by atoms with Crippen molar-refractivity contribution < 1.29 is 14.3 Å². The Bertz CT molecular complexity index is 971. The fourth-order valence-electron chi connectivity index (χ4n) is 4.34. The van der Waals surface area contributed by atoms with Crippen LogP contribution in [0.25, 0.3) is 0 Å². The summed E-state index contributed by atoms with van der Waals surface area (Å²) in [7, 11) is 0. The number of ether oxygens (including phenoxy) is 2. The number of hydrogen-bond donors (Lipinski definition) is 0. The molecular formula is C24H26I4N2O3. The molecule has 0 bridgehead atoms. The molecule has 0 unspecified atom stereocenters. The van der Waals surface area contributed by atoms with E-state index in [0.717, 1.165) is 50.6 Å². The van der Waals surface area contributed by atoms with Crippen molar-refractivity contribution in [3.8, 4) is 5.75 Å². The van der Waals surface area contributed by atoms with Gasteiger partial charge >= 0.3 is 0 Å². The van der Waals surface area contributed by atoms with E-state index in [9.17, 15) is 0 Å². The Balaban J connectivity index is 1.38. The predicted octanol–water partition coefficient (Wildman–Crippen LogP) is 8.98. The maximum Gasteiger partial charge on any atom is 0.183 e. The highest BCUT2D eigenvalue weighted by molar-refractivity contribution is 14.1. The first-order valence-electron chi connectivity index (χ1n) is 11.1. The number of hydrogen-bond acceptors (Lipinski definition) is 5. The smallest absolute Gasteiger partial charge is 0.183 e. The topological polar surface area (TPSA) is 52.4 Å². The van der Waals surface area contributed by atoms with Crippen LogP contribution in [-0.4, -0.2) is 13.2 Å². The summed E-state index contributed by atoms with van der Waals surface area (Å²) in [6, 6.07) is 8.08. The minimum atomic E-state index is -0.315. The Labute approximate surface area is 250 Å². The van der Waals surface area contributed by atoms with Crippen LogP contribution in [0.4, 0.5) is 5.69 Å². The zero-order chi connectivity index (χ0) is 23.5. The lowest BCUT2D eigenvalue weighted by molar-refractivity contribution is -0.214. The quantitative estimate of drug-likeness (QED) is 0.171. The summed E-state index contributed by atoms with van der Waals surface area (Å²) in [6.45, 7) is 6.01. The molecule has 2 aromatic rings. The first-order chi connectivity index (χ1) is 15.8. The molecular weight excluding hydrogens is 872 g/mol. The second kappa shape index (κ2) is 12.3. The molecule has 0 spiro atoms. The number of halogens is 4. The Morgan fingerprint density at radius 1 is 0.818 bits per heavy atom. The highest BCUT2D eigenvalue weighted by Gasteiger charge is 2.32. The van der Waals surface area contributed by atoms with Gasteiger partial charge in [-0.1, -0.05) is 19.8 Å². The zero-order valence-corrected chi connectivity index (χ0v) is 27.1. The lowest BCUT2D eigenvalue weighted by atomic mass is 9.76. The summed E-state index contributed by atoms with van der Waals surface area (Å²) >= 11 is 9.19. The van der Waals surface area contributed by atoms with Gasteiger partial charge in [-0.3, -0.25) is 0 Å². The van der Waals surface area contributed by atoms with Crippen molar-refractivity contribution >= 4 is 96.1 Å². The van der Waals surface area contributed by atoms with Crippen molar-refractivity contribution in [1.82, 2.24) is 0 Å². The van der Waals surface area contributed by atoms with Gasteiger partial charge in [-0.25, -0.2) is 0 Å². The molecule has 0 atom stereocenters. The molecule has 178 valence electrons. The molecule has 2 fully saturated rings. The molecule has 33 heavy (non-hydrogen) atoms. The average Bonchev–Trinajstić information content (AvgIpc) is 2.79. The molecule has 1 heterocycles. The van der Waals surface area contributed by atoms with Gasteiger partial charge in [0.1, 0.15) is 5.69 Å². The molecule has 0 aromatic heterocycles. The van der Waals surface area contributed by atoms with Crippen molar-refractivity contribution in [2.75, 3.05) is 13.2 Å². The van der Waals surface area contributed by atoms with E-state index in [-0.39, 0.29) is 6.29 Å². The van der Waals surface area contributed by atoms with Gasteiger partial charge in [0.2, 0.25) is 0 Å². The SMILES string of the molecule is Cc1c(I)cc(ON=Nc2c(I)cc(C3OCC(C4CCC(C)CC4)CO3)cc2I)cc1I. The Morgan fingerprint density at radius 3 is 1.97 bits per heavy atom. The van der Waals surface area contributed by atoms with E-state index in [1.807, 2.05) is 12.1 Å². The van der Waals surface area contributed by atoms with Gasteiger partial charge in [0.05, 0.1) is 13.2 Å². The molecule has 1 aliphatic carbocycles. The molecule has 0 N–H and O–H groups in total. The molecule has 1 saturated heterocycles. The summed E-state index contributed by atoms with van der Waals surface area (Å²) in [6.07, 6.45) is 4.97. The molecule has 1 saturated carbocycles. The maximum absolute atomic E-state index is 6.17. The fourth-order valence-corrected chi connectivity index (χ4v) is 8.08.